The quantitative estimate of drug-likeness (QED) is 0.506. The van der Waals surface area contributed by atoms with Crippen LogP contribution in [0.1, 0.15) is 29.8 Å². The Morgan fingerprint density at radius 3 is 2.17 bits per heavy atom. The third kappa shape index (κ3) is 6.99. The van der Waals surface area contributed by atoms with Crippen molar-refractivity contribution in [1.82, 2.24) is 4.90 Å². The molecule has 1 aromatic rings. The van der Waals surface area contributed by atoms with Crippen molar-refractivity contribution < 1.29 is 47.4 Å². The maximum Gasteiger partial charge on any atom is 0.188 e. The van der Waals surface area contributed by atoms with Crippen molar-refractivity contribution in [2.45, 2.75) is 20.4 Å². The molecule has 0 unspecified atom stereocenters. The van der Waals surface area contributed by atoms with Gasteiger partial charge in [-0.1, -0.05) is 38.1 Å². The fourth-order valence-corrected chi connectivity index (χ4v) is 1.19. The zero-order valence-electron chi connectivity index (χ0n) is 11.0. The van der Waals surface area contributed by atoms with Crippen LogP contribution in [0.25, 0.3) is 0 Å². The molecule has 1 N–H and O–H groups in total. The van der Waals surface area contributed by atoms with Crippen molar-refractivity contribution >= 4 is 12.2 Å². The molecule has 97 valence electrons. The van der Waals surface area contributed by atoms with Gasteiger partial charge in [0.1, 0.15) is 6.61 Å². The second-order valence-electron chi connectivity index (χ2n) is 3.23. The minimum atomic E-state index is -0.485. The van der Waals surface area contributed by atoms with E-state index < -0.39 is 6.61 Å². The molecule has 1 radical (unpaired) electrons. The van der Waals surface area contributed by atoms with E-state index in [1.54, 1.807) is 37.7 Å². The number of Topliss-reactive ketones (excluding diaryl/α,β-unsaturated/α-hetero) is 1. The number of carbonyl (C=O) groups excluding carboxylic acids is 2. The first-order chi connectivity index (χ1) is 8.17. The van der Waals surface area contributed by atoms with Crippen molar-refractivity contribution in [3.63, 3.8) is 0 Å². The van der Waals surface area contributed by atoms with Gasteiger partial charge in [-0.15, -0.1) is 0 Å². The molecule has 4 nitrogen and oxygen atoms in total. The van der Waals surface area contributed by atoms with E-state index in [1.807, 2.05) is 13.8 Å². The van der Waals surface area contributed by atoms with E-state index >= 15 is 0 Å². The van der Waals surface area contributed by atoms with Crippen LogP contribution in [0.15, 0.2) is 24.3 Å². The molecule has 0 saturated heterocycles. The van der Waals surface area contributed by atoms with Crippen molar-refractivity contribution in [2.75, 3.05) is 13.7 Å². The number of hydrogen-bond donors (Lipinski definition) is 1. The topological polar surface area (TPSA) is 57.6 Å². The molecule has 0 saturated carbocycles. The van der Waals surface area contributed by atoms with Crippen molar-refractivity contribution in [3.8, 4) is 0 Å². The predicted molar refractivity (Wildman–Crippen MR) is 66.4 cm³/mol. The summed E-state index contributed by atoms with van der Waals surface area (Å²) in [6.07, 6.45) is 1.74. The maximum atomic E-state index is 11.1. The van der Waals surface area contributed by atoms with Crippen LogP contribution in [-0.2, 0) is 44.0 Å². The van der Waals surface area contributed by atoms with Crippen molar-refractivity contribution in [1.29, 1.82) is 0 Å². The van der Waals surface area contributed by atoms with Crippen LogP contribution < -0.4 is 0 Å². The molecule has 0 atom stereocenters. The molecule has 0 bridgehead atoms. The predicted octanol–water partition coefficient (Wildman–Crippen LogP) is 1.38. The summed E-state index contributed by atoms with van der Waals surface area (Å²) in [7, 11) is 1.62. The van der Waals surface area contributed by atoms with E-state index in [-0.39, 0.29) is 38.5 Å². The Kier molecular flexibility index (Phi) is 12.6. The normalized spacial score (nSPS) is 8.44. The summed E-state index contributed by atoms with van der Waals surface area (Å²) in [5, 5.41) is 8.63. The average molecular weight is 325 g/mol. The van der Waals surface area contributed by atoms with Gasteiger partial charge in [0.2, 0.25) is 0 Å². The van der Waals surface area contributed by atoms with E-state index in [0.29, 0.717) is 12.1 Å². The van der Waals surface area contributed by atoms with Crippen LogP contribution in [0.5, 0.6) is 0 Å². The number of nitrogens with zero attached hydrogens (tertiary/aromatic N) is 1. The van der Waals surface area contributed by atoms with Crippen LogP contribution in [0.3, 0.4) is 0 Å². The minimum Gasteiger partial charge on any atom is -0.520 e. The number of aliphatic hydroxyl groups is 1. The molecule has 0 aliphatic rings. The molecule has 0 heterocycles. The number of ketones is 1. The van der Waals surface area contributed by atoms with Crippen molar-refractivity contribution in [3.05, 3.63) is 35.4 Å². The van der Waals surface area contributed by atoms with Gasteiger partial charge in [-0.05, 0) is 12.6 Å². The first-order valence-electron chi connectivity index (χ1n) is 5.49. The second-order valence-corrected chi connectivity index (χ2v) is 3.23. The summed E-state index contributed by atoms with van der Waals surface area (Å²) in [4.78, 5) is 22.7. The Labute approximate surface area is 133 Å². The van der Waals surface area contributed by atoms with E-state index in [0.717, 1.165) is 5.56 Å². The number of benzene rings is 1. The summed E-state index contributed by atoms with van der Waals surface area (Å²) in [6, 6.07) is 6.76. The molecule has 1 amide bonds. The summed E-state index contributed by atoms with van der Waals surface area (Å²) >= 11 is 0. The summed E-state index contributed by atoms with van der Waals surface area (Å²) in [5.41, 5.74) is 1.38. The van der Waals surface area contributed by atoms with E-state index in [2.05, 4.69) is 0 Å². The number of rotatable bonds is 5. The molecule has 1 rings (SSSR count). The first-order valence-corrected chi connectivity index (χ1v) is 5.49. The van der Waals surface area contributed by atoms with Crippen LogP contribution in [-0.4, -0.2) is 35.9 Å². The van der Waals surface area contributed by atoms with E-state index in [1.165, 1.54) is 4.90 Å². The van der Waals surface area contributed by atoms with Crippen LogP contribution >= 0.6 is 0 Å². The average Bonchev–Trinajstić information content (AvgIpc) is 2.40. The summed E-state index contributed by atoms with van der Waals surface area (Å²) in [6.45, 7) is 3.97. The third-order valence-corrected chi connectivity index (χ3v) is 2.00. The Hall–Kier alpha value is -0.576. The van der Waals surface area contributed by atoms with Gasteiger partial charge in [-0.3, -0.25) is 4.79 Å². The molecule has 0 aromatic heterocycles. The van der Waals surface area contributed by atoms with Gasteiger partial charge < -0.3 is 14.8 Å². The summed E-state index contributed by atoms with van der Waals surface area (Å²) < 4.78 is 0. The number of aliphatic hydroxyl groups excluding tert-OH is 1. The van der Waals surface area contributed by atoms with Crippen molar-refractivity contribution in [2.24, 2.45) is 0 Å². The largest absolute Gasteiger partial charge is 0.520 e. The van der Waals surface area contributed by atoms with Gasteiger partial charge in [0.25, 0.3) is 0 Å². The molecular formula is C13H18NO3Y-. The summed E-state index contributed by atoms with van der Waals surface area (Å²) in [5.74, 6) is -0.308. The second kappa shape index (κ2) is 11.5. The zero-order valence-corrected chi connectivity index (χ0v) is 13.9. The number of hydrogen-bond acceptors (Lipinski definition) is 3. The van der Waals surface area contributed by atoms with Crippen LogP contribution in [0, 0.1) is 0 Å². The molecule has 0 aliphatic heterocycles. The van der Waals surface area contributed by atoms with Gasteiger partial charge in [0, 0.05) is 44.8 Å². The van der Waals surface area contributed by atoms with Gasteiger partial charge in [0.05, 0.1) is 0 Å². The standard InChI is InChI=1S/C11H12NO3.C2H6.Y/c1-12(8-14)6-9-2-4-10(5-3-9)11(15)7-13;1-2;/h2-5,13H,6-7H2,1H3;1-2H3;/q-1;;. The fourth-order valence-electron chi connectivity index (χ4n) is 1.19. The Morgan fingerprint density at radius 2 is 1.78 bits per heavy atom. The van der Waals surface area contributed by atoms with Gasteiger partial charge in [-0.2, -0.15) is 6.41 Å². The van der Waals surface area contributed by atoms with Gasteiger partial charge >= 0.3 is 0 Å². The fraction of sp³-hybridized carbons (Fsp3) is 0.385. The maximum absolute atomic E-state index is 11.1. The van der Waals surface area contributed by atoms with Gasteiger partial charge in [0.15, 0.2) is 5.78 Å². The zero-order chi connectivity index (χ0) is 13.3. The van der Waals surface area contributed by atoms with E-state index in [4.69, 9.17) is 5.11 Å². The van der Waals surface area contributed by atoms with Gasteiger partial charge in [-0.25, -0.2) is 0 Å². The molecule has 18 heavy (non-hydrogen) atoms. The molecular weight excluding hydrogens is 307 g/mol. The van der Waals surface area contributed by atoms with E-state index in [9.17, 15) is 9.59 Å². The number of amides is 1. The smallest absolute Gasteiger partial charge is 0.188 e. The SMILES string of the molecule is CC.CN([C-]=O)Cc1ccc(C(=O)CO)cc1.[Y]. The number of carbonyl (C=O) groups is 1. The molecule has 1 aromatic carbocycles. The first kappa shape index (κ1) is 19.8. The molecule has 0 aliphatic carbocycles. The minimum absolute atomic E-state index is 0. The monoisotopic (exact) mass is 325 g/mol. The van der Waals surface area contributed by atoms with Crippen LogP contribution in [0.2, 0.25) is 0 Å². The third-order valence-electron chi connectivity index (χ3n) is 2.00. The Bertz CT molecular complexity index is 352. The Balaban J connectivity index is 0. The Morgan fingerprint density at radius 1 is 1.28 bits per heavy atom. The van der Waals surface area contributed by atoms with Crippen LogP contribution in [0.4, 0.5) is 0 Å². The molecule has 0 fully saturated rings. The molecule has 0 spiro atoms. The molecule has 5 heteroatoms.